The molecule has 0 amide bonds. The van der Waals surface area contributed by atoms with Gasteiger partial charge in [0.25, 0.3) is 0 Å². The quantitative estimate of drug-likeness (QED) is 0.609. The molecule has 0 atom stereocenters. The molecule has 0 aromatic heterocycles. The summed E-state index contributed by atoms with van der Waals surface area (Å²) in [6.45, 7) is 2.15. The maximum absolute atomic E-state index is 3.99. The molecule has 2 rings (SSSR count). The van der Waals surface area contributed by atoms with Crippen molar-refractivity contribution in [2.75, 3.05) is 13.1 Å². The van der Waals surface area contributed by atoms with Crippen molar-refractivity contribution >= 4 is 5.57 Å². The summed E-state index contributed by atoms with van der Waals surface area (Å²) in [6.07, 6.45) is 4.59. The first-order valence-corrected chi connectivity index (χ1v) is 5.16. The van der Waals surface area contributed by atoms with E-state index in [1.807, 2.05) is 0 Å². The van der Waals surface area contributed by atoms with Gasteiger partial charge in [0.15, 0.2) is 0 Å². The fourth-order valence-corrected chi connectivity index (χ4v) is 1.83. The molecule has 0 bridgehead atoms. The van der Waals surface area contributed by atoms with Crippen LogP contribution >= 0.6 is 0 Å². The Labute approximate surface area is 86.1 Å². The van der Waals surface area contributed by atoms with Gasteiger partial charge < -0.3 is 4.90 Å². The molecule has 1 nitrogen and oxygen atoms in total. The van der Waals surface area contributed by atoms with Crippen LogP contribution in [0.25, 0.3) is 5.57 Å². The second-order valence-corrected chi connectivity index (χ2v) is 3.75. The molecule has 0 N–H and O–H groups in total. The topological polar surface area (TPSA) is 3.24 Å². The fraction of sp³-hybridized carbons (Fsp3) is 0.308. The zero-order chi connectivity index (χ0) is 9.80. The Morgan fingerprint density at radius 2 is 1.86 bits per heavy atom. The molecule has 0 aliphatic carbocycles. The summed E-state index contributed by atoms with van der Waals surface area (Å²) in [4.78, 5) is 2.15. The van der Waals surface area contributed by atoms with Gasteiger partial charge in [0.05, 0.1) is 0 Å². The van der Waals surface area contributed by atoms with Crippen molar-refractivity contribution in [3.8, 4) is 0 Å². The number of hydrogen-bond donors (Lipinski definition) is 0. The second-order valence-electron chi connectivity index (χ2n) is 3.75. The third-order valence-corrected chi connectivity index (χ3v) is 2.68. The Balaban J connectivity index is 2.15. The number of benzene rings is 1. The van der Waals surface area contributed by atoms with Crippen molar-refractivity contribution in [2.24, 2.45) is 0 Å². The molecule has 0 fully saturated rings. The van der Waals surface area contributed by atoms with Crippen molar-refractivity contribution in [3.05, 3.63) is 49.0 Å². The van der Waals surface area contributed by atoms with Crippen LogP contribution in [0.15, 0.2) is 36.4 Å². The Hall–Kier alpha value is -1.08. The van der Waals surface area contributed by atoms with Crippen molar-refractivity contribution in [3.63, 3.8) is 0 Å². The highest BCUT2D eigenvalue weighted by molar-refractivity contribution is 5.65. The van der Waals surface area contributed by atoms with E-state index in [-0.39, 0.29) is 0 Å². The lowest BCUT2D eigenvalue weighted by molar-refractivity contribution is 0.393. The minimum absolute atomic E-state index is 1.07. The van der Waals surface area contributed by atoms with Crippen LogP contribution < -0.4 is 0 Å². The molecule has 74 valence electrons. The third kappa shape index (κ3) is 2.24. The van der Waals surface area contributed by atoms with Crippen LogP contribution in [0, 0.1) is 7.05 Å². The van der Waals surface area contributed by atoms with Gasteiger partial charge in [0.1, 0.15) is 0 Å². The SMILES string of the molecule is [CH2-]N1CCC=C(c2ccccc2)CC1. The molecule has 1 aliphatic heterocycles. The van der Waals surface area contributed by atoms with Crippen molar-refractivity contribution in [1.82, 2.24) is 4.90 Å². The lowest BCUT2D eigenvalue weighted by Gasteiger charge is -2.21. The largest absolute Gasteiger partial charge is 0.459 e. The predicted octanol–water partition coefficient (Wildman–Crippen LogP) is 2.96. The molecule has 1 aromatic carbocycles. The average Bonchev–Trinajstić information content (AvgIpc) is 2.44. The van der Waals surface area contributed by atoms with E-state index in [1.54, 1.807) is 0 Å². The van der Waals surface area contributed by atoms with Gasteiger partial charge in [0, 0.05) is 0 Å². The molecular formula is C13H16N-. The molecule has 0 saturated carbocycles. The van der Waals surface area contributed by atoms with Gasteiger partial charge in [-0.2, -0.15) is 0 Å². The summed E-state index contributed by atoms with van der Waals surface area (Å²) in [7, 11) is 3.99. The summed E-state index contributed by atoms with van der Waals surface area (Å²) >= 11 is 0. The molecule has 1 aliphatic rings. The molecule has 14 heavy (non-hydrogen) atoms. The van der Waals surface area contributed by atoms with Gasteiger partial charge in [-0.05, 0) is 37.1 Å². The van der Waals surface area contributed by atoms with Crippen LogP contribution in [0.2, 0.25) is 0 Å². The summed E-state index contributed by atoms with van der Waals surface area (Å²) in [5.41, 5.74) is 2.83. The van der Waals surface area contributed by atoms with Crippen LogP contribution in [0.5, 0.6) is 0 Å². The predicted molar refractivity (Wildman–Crippen MR) is 60.6 cm³/mol. The molecule has 1 heteroatoms. The van der Waals surface area contributed by atoms with E-state index in [0.29, 0.717) is 0 Å². The first-order valence-electron chi connectivity index (χ1n) is 5.16. The van der Waals surface area contributed by atoms with E-state index >= 15 is 0 Å². The normalized spacial score (nSPS) is 18.8. The average molecular weight is 186 g/mol. The van der Waals surface area contributed by atoms with E-state index < -0.39 is 0 Å². The molecule has 0 spiro atoms. The summed E-state index contributed by atoms with van der Waals surface area (Å²) in [5.74, 6) is 0. The summed E-state index contributed by atoms with van der Waals surface area (Å²) in [5, 5.41) is 0. The lowest BCUT2D eigenvalue weighted by Crippen LogP contribution is -2.16. The smallest absolute Gasteiger partial charge is 0.0172 e. The molecule has 0 unspecified atom stereocenters. The Bertz CT molecular complexity index is 313. The number of nitrogens with zero attached hydrogens (tertiary/aromatic N) is 1. The van der Waals surface area contributed by atoms with Gasteiger partial charge in [-0.25, -0.2) is 0 Å². The van der Waals surface area contributed by atoms with Gasteiger partial charge in [0.2, 0.25) is 0 Å². The first-order chi connectivity index (χ1) is 6.86. The minimum atomic E-state index is 1.07. The second kappa shape index (κ2) is 4.43. The maximum Gasteiger partial charge on any atom is -0.0172 e. The van der Waals surface area contributed by atoms with E-state index in [9.17, 15) is 0 Å². The van der Waals surface area contributed by atoms with Crippen molar-refractivity contribution in [2.45, 2.75) is 12.8 Å². The monoisotopic (exact) mass is 186 g/mol. The van der Waals surface area contributed by atoms with Crippen LogP contribution in [-0.2, 0) is 0 Å². The van der Waals surface area contributed by atoms with Gasteiger partial charge >= 0.3 is 0 Å². The zero-order valence-electron chi connectivity index (χ0n) is 8.45. The summed E-state index contributed by atoms with van der Waals surface area (Å²) in [6, 6.07) is 10.6. The first kappa shape index (κ1) is 9.47. The Morgan fingerprint density at radius 3 is 2.64 bits per heavy atom. The van der Waals surface area contributed by atoms with Crippen LogP contribution in [0.4, 0.5) is 0 Å². The summed E-state index contributed by atoms with van der Waals surface area (Å²) < 4.78 is 0. The molecule has 0 saturated heterocycles. The number of hydrogen-bond acceptors (Lipinski definition) is 1. The zero-order valence-corrected chi connectivity index (χ0v) is 8.45. The molecule has 1 aromatic rings. The fourth-order valence-electron chi connectivity index (χ4n) is 1.83. The van der Waals surface area contributed by atoms with E-state index in [4.69, 9.17) is 0 Å². The molecular weight excluding hydrogens is 170 g/mol. The van der Waals surface area contributed by atoms with Gasteiger partial charge in [-0.15, -0.1) is 0 Å². The molecule has 1 heterocycles. The van der Waals surface area contributed by atoms with E-state index in [2.05, 4.69) is 48.4 Å². The maximum atomic E-state index is 3.99. The standard InChI is InChI=1S/C13H16N/c1-14-10-5-8-13(9-11-14)12-6-3-2-4-7-12/h2-4,6-8H,1,5,9-11H2/q-1. The highest BCUT2D eigenvalue weighted by Gasteiger charge is 2.04. The van der Waals surface area contributed by atoms with Crippen LogP contribution in [-0.4, -0.2) is 18.0 Å². The van der Waals surface area contributed by atoms with Crippen molar-refractivity contribution < 1.29 is 0 Å². The van der Waals surface area contributed by atoms with Crippen LogP contribution in [0.3, 0.4) is 0 Å². The van der Waals surface area contributed by atoms with Gasteiger partial charge in [-0.1, -0.05) is 36.4 Å². The Kier molecular flexibility index (Phi) is 3.00. The number of rotatable bonds is 1. The third-order valence-electron chi connectivity index (χ3n) is 2.68. The lowest BCUT2D eigenvalue weighted by atomic mass is 10.0. The van der Waals surface area contributed by atoms with Crippen LogP contribution in [0.1, 0.15) is 18.4 Å². The van der Waals surface area contributed by atoms with Crippen molar-refractivity contribution in [1.29, 1.82) is 0 Å². The molecule has 0 radical (unpaired) electrons. The van der Waals surface area contributed by atoms with E-state index in [0.717, 1.165) is 25.9 Å². The highest BCUT2D eigenvalue weighted by atomic mass is 15.1. The Morgan fingerprint density at radius 1 is 1.07 bits per heavy atom. The minimum Gasteiger partial charge on any atom is -0.459 e. The highest BCUT2D eigenvalue weighted by Crippen LogP contribution is 2.21. The van der Waals surface area contributed by atoms with Gasteiger partial charge in [-0.3, -0.25) is 7.05 Å². The van der Waals surface area contributed by atoms with E-state index in [1.165, 1.54) is 11.1 Å².